The molecule has 4 nitrogen and oxygen atoms in total. The Balaban J connectivity index is 2.18. The lowest BCUT2D eigenvalue weighted by Crippen LogP contribution is -2.05. The summed E-state index contributed by atoms with van der Waals surface area (Å²) >= 11 is 0. The highest BCUT2D eigenvalue weighted by molar-refractivity contribution is 6.01. The first kappa shape index (κ1) is 14.8. The van der Waals surface area contributed by atoms with Crippen molar-refractivity contribution in [2.75, 3.05) is 0 Å². The van der Waals surface area contributed by atoms with Gasteiger partial charge in [0, 0.05) is 6.42 Å². The van der Waals surface area contributed by atoms with Crippen molar-refractivity contribution in [2.24, 2.45) is 5.16 Å². The van der Waals surface area contributed by atoms with Crippen LogP contribution in [0.4, 0.5) is 0 Å². The molecule has 0 aliphatic carbocycles. The summed E-state index contributed by atoms with van der Waals surface area (Å²) in [7, 11) is 0. The van der Waals surface area contributed by atoms with Gasteiger partial charge in [0.05, 0.1) is 12.1 Å². The molecule has 2 N–H and O–H groups in total. The van der Waals surface area contributed by atoms with E-state index in [0.717, 1.165) is 16.7 Å². The molecule has 21 heavy (non-hydrogen) atoms. The molecule has 0 amide bonds. The van der Waals surface area contributed by atoms with Gasteiger partial charge in [-0.1, -0.05) is 59.3 Å². The van der Waals surface area contributed by atoms with Gasteiger partial charge in [0.25, 0.3) is 0 Å². The van der Waals surface area contributed by atoms with E-state index in [1.54, 1.807) is 0 Å². The maximum Gasteiger partial charge on any atom is 0.303 e. The first-order valence-corrected chi connectivity index (χ1v) is 6.70. The van der Waals surface area contributed by atoms with E-state index in [2.05, 4.69) is 29.4 Å². The van der Waals surface area contributed by atoms with Gasteiger partial charge in [-0.2, -0.15) is 0 Å². The van der Waals surface area contributed by atoms with E-state index >= 15 is 0 Å². The van der Waals surface area contributed by atoms with Crippen LogP contribution in [-0.4, -0.2) is 22.0 Å². The molecule has 0 saturated carbocycles. The van der Waals surface area contributed by atoms with E-state index in [9.17, 15) is 4.79 Å². The van der Waals surface area contributed by atoms with Crippen LogP contribution in [0.1, 0.15) is 24.0 Å². The van der Waals surface area contributed by atoms with Gasteiger partial charge in [-0.3, -0.25) is 4.79 Å². The minimum absolute atomic E-state index is 0.0564. The number of hydrogen-bond donors (Lipinski definition) is 2. The first-order valence-electron chi connectivity index (χ1n) is 6.70. The molecule has 2 aromatic carbocycles. The first-order chi connectivity index (χ1) is 10.1. The average molecular weight is 283 g/mol. The quantitative estimate of drug-likeness (QED) is 0.499. The van der Waals surface area contributed by atoms with Gasteiger partial charge in [-0.05, 0) is 23.6 Å². The lowest BCUT2D eigenvalue weighted by molar-refractivity contribution is -0.136. The number of benzene rings is 2. The summed E-state index contributed by atoms with van der Waals surface area (Å²) in [6.45, 7) is 2.04. The number of aliphatic carboxylic acids is 1. The minimum Gasteiger partial charge on any atom is -0.481 e. The van der Waals surface area contributed by atoms with Crippen LogP contribution in [0.3, 0.4) is 0 Å². The summed E-state index contributed by atoms with van der Waals surface area (Å²) in [5.41, 5.74) is 4.50. The Morgan fingerprint density at radius 3 is 1.95 bits per heavy atom. The zero-order chi connectivity index (χ0) is 15.2. The van der Waals surface area contributed by atoms with Crippen molar-refractivity contribution in [2.45, 2.75) is 19.8 Å². The highest BCUT2D eigenvalue weighted by Gasteiger charge is 2.08. The van der Waals surface area contributed by atoms with Crippen LogP contribution in [0, 0.1) is 6.92 Å². The Hall–Kier alpha value is -2.62. The monoisotopic (exact) mass is 283 g/mol. The fraction of sp³-hybridized carbons (Fsp3) is 0.176. The van der Waals surface area contributed by atoms with Crippen LogP contribution >= 0.6 is 0 Å². The Morgan fingerprint density at radius 1 is 0.952 bits per heavy atom. The Kier molecular flexibility index (Phi) is 4.72. The molecule has 0 fully saturated rings. The number of oxime groups is 1. The number of carboxylic acid groups (broad SMARTS) is 1. The highest BCUT2D eigenvalue weighted by Crippen LogP contribution is 2.21. The summed E-state index contributed by atoms with van der Waals surface area (Å²) in [5.74, 6) is -0.910. The van der Waals surface area contributed by atoms with Gasteiger partial charge >= 0.3 is 5.97 Å². The maximum atomic E-state index is 10.6. The third-order valence-electron chi connectivity index (χ3n) is 3.30. The normalized spacial score (nSPS) is 11.4. The lowest BCUT2D eigenvalue weighted by Gasteiger charge is -2.06. The molecule has 0 unspecified atom stereocenters. The molecule has 0 bridgehead atoms. The number of carboxylic acids is 1. The molecule has 0 spiro atoms. The molecule has 2 rings (SSSR count). The van der Waals surface area contributed by atoms with E-state index in [4.69, 9.17) is 10.3 Å². The Morgan fingerprint density at radius 2 is 1.48 bits per heavy atom. The fourth-order valence-electron chi connectivity index (χ4n) is 2.08. The minimum atomic E-state index is -0.910. The van der Waals surface area contributed by atoms with E-state index in [1.165, 1.54) is 5.56 Å². The SMILES string of the molecule is Cc1ccc(-c2ccc(/C(CCC(=O)O)=N\O)cc2)cc1. The molecule has 0 aliphatic rings. The third-order valence-corrected chi connectivity index (χ3v) is 3.30. The van der Waals surface area contributed by atoms with E-state index in [1.807, 2.05) is 31.2 Å². The van der Waals surface area contributed by atoms with Gasteiger partial charge in [0.2, 0.25) is 0 Å². The summed E-state index contributed by atoms with van der Waals surface area (Å²) in [6.07, 6.45) is 0.148. The largest absolute Gasteiger partial charge is 0.481 e. The lowest BCUT2D eigenvalue weighted by atomic mass is 10.00. The van der Waals surface area contributed by atoms with Crippen LogP contribution < -0.4 is 0 Å². The fourth-order valence-corrected chi connectivity index (χ4v) is 2.08. The Labute approximate surface area is 123 Å². The average Bonchev–Trinajstić information content (AvgIpc) is 2.49. The second-order valence-corrected chi connectivity index (χ2v) is 4.88. The molecule has 0 heterocycles. The standard InChI is InChI=1S/C17H17NO3/c1-12-2-4-13(5-3-12)14-6-8-15(9-7-14)16(18-21)10-11-17(19)20/h2-9,21H,10-11H2,1H3,(H,19,20)/b18-16-. The predicted octanol–water partition coefficient (Wildman–Crippen LogP) is 3.71. The molecule has 108 valence electrons. The summed E-state index contributed by atoms with van der Waals surface area (Å²) in [6, 6.07) is 15.8. The molecule has 0 aliphatic heterocycles. The van der Waals surface area contributed by atoms with Crippen LogP contribution in [0.5, 0.6) is 0 Å². The van der Waals surface area contributed by atoms with Crippen LogP contribution in [0.15, 0.2) is 53.7 Å². The third kappa shape index (κ3) is 3.92. The highest BCUT2D eigenvalue weighted by atomic mass is 16.4. The van der Waals surface area contributed by atoms with E-state index < -0.39 is 5.97 Å². The van der Waals surface area contributed by atoms with Gasteiger partial charge in [-0.15, -0.1) is 0 Å². The molecular formula is C17H17NO3. The topological polar surface area (TPSA) is 69.9 Å². The van der Waals surface area contributed by atoms with Gasteiger partial charge in [0.15, 0.2) is 0 Å². The Bertz CT molecular complexity index is 643. The number of hydrogen-bond acceptors (Lipinski definition) is 3. The molecular weight excluding hydrogens is 266 g/mol. The molecule has 0 saturated heterocycles. The maximum absolute atomic E-state index is 10.6. The number of aryl methyl sites for hydroxylation is 1. The zero-order valence-electron chi connectivity index (χ0n) is 11.8. The second kappa shape index (κ2) is 6.70. The second-order valence-electron chi connectivity index (χ2n) is 4.88. The zero-order valence-corrected chi connectivity index (χ0v) is 11.8. The molecule has 2 aromatic rings. The number of nitrogens with zero attached hydrogens (tertiary/aromatic N) is 1. The van der Waals surface area contributed by atoms with Crippen molar-refractivity contribution in [1.82, 2.24) is 0 Å². The summed E-state index contributed by atoms with van der Waals surface area (Å²) in [4.78, 5) is 10.6. The van der Waals surface area contributed by atoms with Crippen LogP contribution in [0.25, 0.3) is 11.1 Å². The van der Waals surface area contributed by atoms with E-state index in [-0.39, 0.29) is 12.8 Å². The molecule has 4 heteroatoms. The van der Waals surface area contributed by atoms with Crippen molar-refractivity contribution in [3.05, 3.63) is 59.7 Å². The van der Waals surface area contributed by atoms with Gasteiger partial charge in [-0.25, -0.2) is 0 Å². The molecule has 0 atom stereocenters. The summed E-state index contributed by atoms with van der Waals surface area (Å²) < 4.78 is 0. The van der Waals surface area contributed by atoms with Crippen molar-refractivity contribution < 1.29 is 15.1 Å². The van der Waals surface area contributed by atoms with Crippen LogP contribution in [-0.2, 0) is 4.79 Å². The van der Waals surface area contributed by atoms with Crippen molar-refractivity contribution >= 4 is 11.7 Å². The van der Waals surface area contributed by atoms with Crippen molar-refractivity contribution in [3.8, 4) is 11.1 Å². The van der Waals surface area contributed by atoms with Crippen molar-refractivity contribution in [1.29, 1.82) is 0 Å². The van der Waals surface area contributed by atoms with Gasteiger partial charge < -0.3 is 10.3 Å². The molecule has 0 radical (unpaired) electrons. The molecule has 0 aromatic heterocycles. The smallest absolute Gasteiger partial charge is 0.303 e. The van der Waals surface area contributed by atoms with E-state index in [0.29, 0.717) is 5.71 Å². The van der Waals surface area contributed by atoms with Crippen molar-refractivity contribution in [3.63, 3.8) is 0 Å². The number of rotatable bonds is 5. The number of carbonyl (C=O) groups is 1. The van der Waals surface area contributed by atoms with Gasteiger partial charge in [0.1, 0.15) is 0 Å². The predicted molar refractivity (Wildman–Crippen MR) is 81.8 cm³/mol. The summed E-state index contributed by atoms with van der Waals surface area (Å²) in [5, 5.41) is 20.9. The van der Waals surface area contributed by atoms with Crippen LogP contribution in [0.2, 0.25) is 0 Å².